The van der Waals surface area contributed by atoms with E-state index in [2.05, 4.69) is 24.3 Å². The molecule has 2 aliphatic rings. The molecule has 2 heterocycles. The lowest BCUT2D eigenvalue weighted by atomic mass is 9.86. The Balaban J connectivity index is 1.64. The first-order chi connectivity index (χ1) is 10.8. The number of hydrogen-bond acceptors (Lipinski definition) is 3. The summed E-state index contributed by atoms with van der Waals surface area (Å²) in [5.74, 6) is -0.0352. The van der Waals surface area contributed by atoms with Crippen LogP contribution < -0.4 is 0 Å². The van der Waals surface area contributed by atoms with Crippen molar-refractivity contribution in [2.24, 2.45) is 0 Å². The molecule has 22 heavy (non-hydrogen) atoms. The van der Waals surface area contributed by atoms with Gasteiger partial charge >= 0.3 is 5.97 Å². The van der Waals surface area contributed by atoms with Crippen molar-refractivity contribution in [1.29, 1.82) is 0 Å². The van der Waals surface area contributed by atoms with E-state index >= 15 is 0 Å². The van der Waals surface area contributed by atoms with Crippen molar-refractivity contribution in [3.05, 3.63) is 71.8 Å². The summed E-state index contributed by atoms with van der Waals surface area (Å²) in [6.45, 7) is 0. The van der Waals surface area contributed by atoms with Crippen molar-refractivity contribution in [2.45, 2.75) is 37.1 Å². The molecule has 2 aromatic rings. The lowest BCUT2D eigenvalue weighted by Crippen LogP contribution is -2.25. The smallest absolute Gasteiger partial charge is 0.308 e. The number of rotatable bonds is 3. The maximum Gasteiger partial charge on any atom is 0.308 e. The van der Waals surface area contributed by atoms with Crippen molar-refractivity contribution >= 4 is 5.97 Å². The molecule has 0 spiro atoms. The molecule has 2 saturated heterocycles. The van der Waals surface area contributed by atoms with Crippen LogP contribution in [0.5, 0.6) is 0 Å². The lowest BCUT2D eigenvalue weighted by molar-refractivity contribution is -0.142. The van der Waals surface area contributed by atoms with Crippen LogP contribution in [0.15, 0.2) is 60.7 Å². The molecule has 4 atom stereocenters. The van der Waals surface area contributed by atoms with E-state index in [1.807, 2.05) is 36.4 Å². The third-order valence-corrected chi connectivity index (χ3v) is 4.57. The van der Waals surface area contributed by atoms with Gasteiger partial charge in [-0.1, -0.05) is 60.7 Å². The summed E-state index contributed by atoms with van der Waals surface area (Å²) in [5, 5.41) is 0. The summed E-state index contributed by atoms with van der Waals surface area (Å²) < 4.78 is 11.7. The van der Waals surface area contributed by atoms with Gasteiger partial charge in [0.15, 0.2) is 0 Å². The van der Waals surface area contributed by atoms with Gasteiger partial charge in [0.2, 0.25) is 0 Å². The first-order valence-corrected chi connectivity index (χ1v) is 7.75. The summed E-state index contributed by atoms with van der Waals surface area (Å²) in [6, 6.07) is 20.6. The Bertz CT molecular complexity index is 653. The second-order valence-electron chi connectivity index (χ2n) is 6.00. The number of esters is 1. The monoisotopic (exact) mass is 294 g/mol. The molecule has 3 heteroatoms. The first-order valence-electron chi connectivity index (χ1n) is 7.75. The molecule has 0 aromatic heterocycles. The first kappa shape index (κ1) is 13.5. The molecule has 0 bridgehead atoms. The van der Waals surface area contributed by atoms with Gasteiger partial charge in [0.25, 0.3) is 0 Å². The number of carbonyl (C=O) groups excluding carboxylic acids is 1. The largest absolute Gasteiger partial charge is 0.459 e. The van der Waals surface area contributed by atoms with Crippen LogP contribution in [0.1, 0.15) is 23.5 Å². The standard InChI is InChI=1S/C19H18O3/c20-17-12-16-19(22-17)18(14-9-5-2-6-10-14)15(21-16)11-13-7-3-1-4-8-13/h1-10,15-16,18-19H,11-12H2/t15?,16-,18-,19+/m1/s1. The number of fused-ring (bicyclic) bond motifs is 1. The zero-order valence-corrected chi connectivity index (χ0v) is 12.2. The number of ether oxygens (including phenoxy) is 2. The molecular formula is C19H18O3. The van der Waals surface area contributed by atoms with Gasteiger partial charge in [-0.3, -0.25) is 4.79 Å². The fourth-order valence-corrected chi connectivity index (χ4v) is 3.61. The van der Waals surface area contributed by atoms with Crippen molar-refractivity contribution in [2.75, 3.05) is 0 Å². The van der Waals surface area contributed by atoms with Crippen LogP contribution in [0.2, 0.25) is 0 Å². The maximum atomic E-state index is 11.6. The van der Waals surface area contributed by atoms with E-state index < -0.39 is 0 Å². The van der Waals surface area contributed by atoms with Crippen LogP contribution in [-0.2, 0) is 20.7 Å². The Morgan fingerprint density at radius 2 is 1.64 bits per heavy atom. The molecule has 4 rings (SSSR count). The molecule has 0 amide bonds. The summed E-state index contributed by atoms with van der Waals surface area (Å²) in [6.07, 6.45) is 1.01. The minimum atomic E-state index is -0.149. The van der Waals surface area contributed by atoms with E-state index in [4.69, 9.17) is 9.47 Å². The Morgan fingerprint density at radius 3 is 2.36 bits per heavy atom. The van der Waals surface area contributed by atoms with Crippen LogP contribution >= 0.6 is 0 Å². The topological polar surface area (TPSA) is 35.5 Å². The van der Waals surface area contributed by atoms with E-state index in [1.165, 1.54) is 11.1 Å². The highest BCUT2D eigenvalue weighted by Crippen LogP contribution is 2.43. The highest BCUT2D eigenvalue weighted by molar-refractivity contribution is 5.73. The Hall–Kier alpha value is -2.13. The maximum absolute atomic E-state index is 11.6. The third kappa shape index (κ3) is 2.42. The predicted molar refractivity (Wildman–Crippen MR) is 82.5 cm³/mol. The highest BCUT2D eigenvalue weighted by Gasteiger charge is 2.51. The average Bonchev–Trinajstić information content (AvgIpc) is 3.04. The molecule has 2 aliphatic heterocycles. The van der Waals surface area contributed by atoms with Gasteiger partial charge < -0.3 is 9.47 Å². The fraction of sp³-hybridized carbons (Fsp3) is 0.316. The quantitative estimate of drug-likeness (QED) is 0.816. The fourth-order valence-electron chi connectivity index (χ4n) is 3.61. The molecule has 0 saturated carbocycles. The average molecular weight is 294 g/mol. The molecule has 2 fully saturated rings. The number of benzene rings is 2. The van der Waals surface area contributed by atoms with E-state index in [1.54, 1.807) is 0 Å². The highest BCUT2D eigenvalue weighted by atomic mass is 16.6. The van der Waals surface area contributed by atoms with Crippen molar-refractivity contribution < 1.29 is 14.3 Å². The van der Waals surface area contributed by atoms with E-state index in [0.29, 0.717) is 6.42 Å². The molecule has 1 unspecified atom stereocenters. The predicted octanol–water partition coefficient (Wildman–Crippen LogP) is 3.10. The van der Waals surface area contributed by atoms with Crippen LogP contribution in [0.3, 0.4) is 0 Å². The van der Waals surface area contributed by atoms with Crippen LogP contribution in [0, 0.1) is 0 Å². The van der Waals surface area contributed by atoms with Gasteiger partial charge in [-0.2, -0.15) is 0 Å². The Morgan fingerprint density at radius 1 is 0.955 bits per heavy atom. The van der Waals surface area contributed by atoms with Gasteiger partial charge in [0.05, 0.1) is 18.4 Å². The molecule has 2 aromatic carbocycles. The molecule has 0 N–H and O–H groups in total. The number of hydrogen-bond donors (Lipinski definition) is 0. The second-order valence-corrected chi connectivity index (χ2v) is 6.00. The third-order valence-electron chi connectivity index (χ3n) is 4.57. The SMILES string of the molecule is O=C1C[C@H]2OC(Cc3ccccc3)[C@@H](c3ccccc3)[C@H]2O1. The van der Waals surface area contributed by atoms with E-state index in [-0.39, 0.29) is 30.2 Å². The Kier molecular flexibility index (Phi) is 3.43. The van der Waals surface area contributed by atoms with Crippen molar-refractivity contribution in [1.82, 2.24) is 0 Å². The van der Waals surface area contributed by atoms with Crippen LogP contribution in [0.25, 0.3) is 0 Å². The number of carbonyl (C=O) groups is 1. The Labute approximate surface area is 129 Å². The normalized spacial score (nSPS) is 30.1. The van der Waals surface area contributed by atoms with Gasteiger partial charge in [0.1, 0.15) is 12.2 Å². The zero-order valence-electron chi connectivity index (χ0n) is 12.2. The summed E-state index contributed by atoms with van der Waals surface area (Å²) >= 11 is 0. The van der Waals surface area contributed by atoms with Gasteiger partial charge in [-0.05, 0) is 17.5 Å². The minimum absolute atomic E-state index is 0.0490. The zero-order chi connectivity index (χ0) is 14.9. The minimum Gasteiger partial charge on any atom is -0.459 e. The van der Waals surface area contributed by atoms with Gasteiger partial charge in [-0.25, -0.2) is 0 Å². The van der Waals surface area contributed by atoms with Crippen LogP contribution in [-0.4, -0.2) is 24.3 Å². The van der Waals surface area contributed by atoms with E-state index in [9.17, 15) is 4.79 Å². The van der Waals surface area contributed by atoms with Gasteiger partial charge in [0, 0.05) is 0 Å². The molecule has 0 radical (unpaired) electrons. The molecule has 0 aliphatic carbocycles. The van der Waals surface area contributed by atoms with Crippen molar-refractivity contribution in [3.63, 3.8) is 0 Å². The van der Waals surface area contributed by atoms with Crippen LogP contribution in [0.4, 0.5) is 0 Å². The van der Waals surface area contributed by atoms with E-state index in [0.717, 1.165) is 6.42 Å². The molecule has 112 valence electrons. The summed E-state index contributed by atoms with van der Waals surface area (Å²) in [4.78, 5) is 11.6. The second kappa shape index (κ2) is 5.58. The summed E-state index contributed by atoms with van der Waals surface area (Å²) in [5.41, 5.74) is 2.44. The molecule has 3 nitrogen and oxygen atoms in total. The van der Waals surface area contributed by atoms with Crippen molar-refractivity contribution in [3.8, 4) is 0 Å². The molecular weight excluding hydrogens is 276 g/mol. The van der Waals surface area contributed by atoms with Gasteiger partial charge in [-0.15, -0.1) is 0 Å². The summed E-state index contributed by atoms with van der Waals surface area (Å²) in [7, 11) is 0. The lowest BCUT2D eigenvalue weighted by Gasteiger charge is -2.22.